The van der Waals surface area contributed by atoms with Crippen molar-refractivity contribution in [3.63, 3.8) is 0 Å². The lowest BCUT2D eigenvalue weighted by Crippen LogP contribution is -2.30. The molecule has 0 aliphatic carbocycles. The highest BCUT2D eigenvalue weighted by atomic mass is 16.4. The summed E-state index contributed by atoms with van der Waals surface area (Å²) in [6, 6.07) is 0.574. The summed E-state index contributed by atoms with van der Waals surface area (Å²) in [6.45, 7) is 5.32. The number of hydrogen-bond acceptors (Lipinski definition) is 2. The second kappa shape index (κ2) is 8.72. The first-order chi connectivity index (χ1) is 7.07. The maximum atomic E-state index is 10.3. The smallest absolute Gasteiger partial charge is 0.303 e. The third-order valence-electron chi connectivity index (χ3n) is 2.88. The molecule has 0 aromatic carbocycles. The first-order valence-corrected chi connectivity index (χ1v) is 6.00. The molecule has 1 atom stereocenters. The number of carboxylic acids is 1. The molecule has 15 heavy (non-hydrogen) atoms. The molecule has 0 amide bonds. The van der Waals surface area contributed by atoms with Crippen molar-refractivity contribution < 1.29 is 9.90 Å². The van der Waals surface area contributed by atoms with E-state index in [0.717, 1.165) is 13.0 Å². The van der Waals surface area contributed by atoms with E-state index in [2.05, 4.69) is 25.8 Å². The quantitative estimate of drug-likeness (QED) is 0.601. The van der Waals surface area contributed by atoms with E-state index in [1.54, 1.807) is 0 Å². The van der Waals surface area contributed by atoms with Crippen molar-refractivity contribution >= 4 is 5.97 Å². The van der Waals surface area contributed by atoms with Crippen LogP contribution >= 0.6 is 0 Å². The van der Waals surface area contributed by atoms with Crippen molar-refractivity contribution in [2.45, 2.75) is 58.4 Å². The molecular formula is C12H25NO2. The van der Waals surface area contributed by atoms with Crippen LogP contribution in [0.25, 0.3) is 0 Å². The van der Waals surface area contributed by atoms with E-state index in [9.17, 15) is 4.79 Å². The predicted molar refractivity (Wildman–Crippen MR) is 63.1 cm³/mol. The fourth-order valence-electron chi connectivity index (χ4n) is 1.61. The van der Waals surface area contributed by atoms with E-state index >= 15 is 0 Å². The van der Waals surface area contributed by atoms with Crippen molar-refractivity contribution in [2.24, 2.45) is 0 Å². The largest absolute Gasteiger partial charge is 0.481 e. The molecule has 0 rings (SSSR count). The highest BCUT2D eigenvalue weighted by molar-refractivity contribution is 5.66. The minimum absolute atomic E-state index is 0.284. The van der Waals surface area contributed by atoms with Crippen LogP contribution in [0, 0.1) is 0 Å². The maximum absolute atomic E-state index is 10.3. The van der Waals surface area contributed by atoms with Crippen LogP contribution in [-0.2, 0) is 4.79 Å². The van der Waals surface area contributed by atoms with Crippen LogP contribution < -0.4 is 0 Å². The molecule has 0 heterocycles. The van der Waals surface area contributed by atoms with Crippen LogP contribution in [-0.4, -0.2) is 35.6 Å². The second-order valence-corrected chi connectivity index (χ2v) is 4.32. The summed E-state index contributed by atoms with van der Waals surface area (Å²) in [5, 5.41) is 8.52. The van der Waals surface area contributed by atoms with Crippen molar-refractivity contribution in [2.75, 3.05) is 13.6 Å². The number of nitrogens with zero attached hydrogens (tertiary/aromatic N) is 1. The summed E-state index contributed by atoms with van der Waals surface area (Å²) < 4.78 is 0. The average Bonchev–Trinajstić information content (AvgIpc) is 2.17. The van der Waals surface area contributed by atoms with E-state index in [4.69, 9.17) is 5.11 Å². The first kappa shape index (κ1) is 14.4. The summed E-state index contributed by atoms with van der Waals surface area (Å²) in [5.74, 6) is -0.693. The van der Waals surface area contributed by atoms with Crippen LogP contribution in [0.3, 0.4) is 0 Å². The lowest BCUT2D eigenvalue weighted by Gasteiger charge is -2.24. The molecule has 0 aromatic rings. The van der Waals surface area contributed by atoms with Crippen LogP contribution in [0.5, 0.6) is 0 Å². The number of hydrogen-bond donors (Lipinski definition) is 1. The van der Waals surface area contributed by atoms with Crippen molar-refractivity contribution in [1.29, 1.82) is 0 Å². The highest BCUT2D eigenvalue weighted by Crippen LogP contribution is 2.08. The third-order valence-corrected chi connectivity index (χ3v) is 2.88. The van der Waals surface area contributed by atoms with Gasteiger partial charge in [0.15, 0.2) is 0 Å². The SMILES string of the molecule is CCCCCC(C)N(C)CCCC(=O)O. The Bertz CT molecular complexity index is 171. The fraction of sp³-hybridized carbons (Fsp3) is 0.917. The van der Waals surface area contributed by atoms with Gasteiger partial charge in [0.1, 0.15) is 0 Å². The summed E-state index contributed by atoms with van der Waals surface area (Å²) in [4.78, 5) is 12.6. The van der Waals surface area contributed by atoms with Crippen molar-refractivity contribution in [3.05, 3.63) is 0 Å². The fourth-order valence-corrected chi connectivity index (χ4v) is 1.61. The molecule has 0 aliphatic rings. The van der Waals surface area contributed by atoms with Gasteiger partial charge in [-0.1, -0.05) is 26.2 Å². The second-order valence-electron chi connectivity index (χ2n) is 4.32. The molecule has 1 N–H and O–H groups in total. The molecule has 0 aromatic heterocycles. The normalized spacial score (nSPS) is 13.1. The van der Waals surface area contributed by atoms with Gasteiger partial charge in [0.05, 0.1) is 0 Å². The molecule has 3 nitrogen and oxygen atoms in total. The zero-order valence-corrected chi connectivity index (χ0v) is 10.3. The van der Waals surface area contributed by atoms with E-state index in [1.165, 1.54) is 25.7 Å². The summed E-state index contributed by atoms with van der Waals surface area (Å²) in [6.07, 6.45) is 6.09. The van der Waals surface area contributed by atoms with E-state index in [0.29, 0.717) is 6.04 Å². The number of carbonyl (C=O) groups is 1. The van der Waals surface area contributed by atoms with Gasteiger partial charge >= 0.3 is 5.97 Å². The number of unbranched alkanes of at least 4 members (excludes halogenated alkanes) is 2. The Kier molecular flexibility index (Phi) is 8.38. The van der Waals surface area contributed by atoms with Gasteiger partial charge in [0.25, 0.3) is 0 Å². The maximum Gasteiger partial charge on any atom is 0.303 e. The van der Waals surface area contributed by atoms with E-state index in [-0.39, 0.29) is 6.42 Å². The molecule has 0 spiro atoms. The first-order valence-electron chi connectivity index (χ1n) is 6.00. The molecule has 0 fully saturated rings. The van der Waals surface area contributed by atoms with Crippen molar-refractivity contribution in [3.8, 4) is 0 Å². The lowest BCUT2D eigenvalue weighted by atomic mass is 10.1. The standard InChI is InChI=1S/C12H25NO2/c1-4-5-6-8-11(2)13(3)10-7-9-12(14)15/h11H,4-10H2,1-3H3,(H,14,15). The van der Waals surface area contributed by atoms with Gasteiger partial charge in [-0.15, -0.1) is 0 Å². The monoisotopic (exact) mass is 215 g/mol. The lowest BCUT2D eigenvalue weighted by molar-refractivity contribution is -0.137. The molecule has 90 valence electrons. The Morgan fingerprint density at radius 2 is 2.00 bits per heavy atom. The average molecular weight is 215 g/mol. The van der Waals surface area contributed by atoms with Crippen LogP contribution in [0.1, 0.15) is 52.4 Å². The minimum Gasteiger partial charge on any atom is -0.481 e. The zero-order chi connectivity index (χ0) is 11.7. The Hall–Kier alpha value is -0.570. The van der Waals surface area contributed by atoms with E-state index in [1.807, 2.05) is 0 Å². The number of aliphatic carboxylic acids is 1. The zero-order valence-electron chi connectivity index (χ0n) is 10.3. The highest BCUT2D eigenvalue weighted by Gasteiger charge is 2.08. The molecule has 0 saturated heterocycles. The Morgan fingerprint density at radius 1 is 1.33 bits per heavy atom. The molecule has 1 unspecified atom stereocenters. The van der Waals surface area contributed by atoms with Gasteiger partial charge in [-0.05, 0) is 33.4 Å². The molecule has 3 heteroatoms. The van der Waals surface area contributed by atoms with Crippen LogP contribution in [0.4, 0.5) is 0 Å². The van der Waals surface area contributed by atoms with Crippen LogP contribution in [0.2, 0.25) is 0 Å². The van der Waals surface area contributed by atoms with Gasteiger partial charge in [-0.25, -0.2) is 0 Å². The predicted octanol–water partition coefficient (Wildman–Crippen LogP) is 2.75. The summed E-state index contributed by atoms with van der Waals surface area (Å²) in [5.41, 5.74) is 0. The van der Waals surface area contributed by atoms with Gasteiger partial charge in [-0.2, -0.15) is 0 Å². The minimum atomic E-state index is -0.693. The summed E-state index contributed by atoms with van der Waals surface area (Å²) in [7, 11) is 2.08. The van der Waals surface area contributed by atoms with Crippen molar-refractivity contribution in [1.82, 2.24) is 4.90 Å². The van der Waals surface area contributed by atoms with E-state index < -0.39 is 5.97 Å². The Balaban J connectivity index is 3.50. The third kappa shape index (κ3) is 8.43. The molecule has 0 bridgehead atoms. The van der Waals surface area contributed by atoms with Gasteiger partial charge in [0.2, 0.25) is 0 Å². The topological polar surface area (TPSA) is 40.5 Å². The van der Waals surface area contributed by atoms with Gasteiger partial charge in [0, 0.05) is 12.5 Å². The Morgan fingerprint density at radius 3 is 2.53 bits per heavy atom. The molecule has 0 aliphatic heterocycles. The number of rotatable bonds is 9. The molecular weight excluding hydrogens is 190 g/mol. The van der Waals surface area contributed by atoms with Crippen LogP contribution in [0.15, 0.2) is 0 Å². The summed E-state index contributed by atoms with van der Waals surface area (Å²) >= 11 is 0. The molecule has 0 saturated carbocycles. The Labute approximate surface area is 93.5 Å². The van der Waals surface area contributed by atoms with Gasteiger partial charge < -0.3 is 10.0 Å². The van der Waals surface area contributed by atoms with Gasteiger partial charge in [-0.3, -0.25) is 4.79 Å². The number of carboxylic acid groups (broad SMARTS) is 1. The molecule has 0 radical (unpaired) electrons.